The van der Waals surface area contributed by atoms with E-state index in [0.717, 1.165) is 24.3 Å². The molecule has 1 aliphatic heterocycles. The summed E-state index contributed by atoms with van der Waals surface area (Å²) in [5.41, 5.74) is 3.65. The van der Waals surface area contributed by atoms with Crippen LogP contribution < -0.4 is 5.32 Å². The van der Waals surface area contributed by atoms with Gasteiger partial charge in [-0.15, -0.1) is 0 Å². The van der Waals surface area contributed by atoms with E-state index in [1.807, 2.05) is 13.0 Å². The lowest BCUT2D eigenvalue weighted by Crippen LogP contribution is -1.90. The van der Waals surface area contributed by atoms with Crippen molar-refractivity contribution in [1.82, 2.24) is 4.98 Å². The third kappa shape index (κ3) is 1.40. The summed E-state index contributed by atoms with van der Waals surface area (Å²) in [6, 6.07) is 6.29. The lowest BCUT2D eigenvalue weighted by Gasteiger charge is -2.01. The van der Waals surface area contributed by atoms with Gasteiger partial charge < -0.3 is 9.73 Å². The molecule has 2 aromatic rings. The van der Waals surface area contributed by atoms with Crippen LogP contribution in [0.3, 0.4) is 0 Å². The van der Waals surface area contributed by atoms with Gasteiger partial charge in [0.05, 0.1) is 6.20 Å². The maximum absolute atomic E-state index is 5.50. The van der Waals surface area contributed by atoms with Crippen LogP contribution in [-0.4, -0.2) is 11.5 Å². The van der Waals surface area contributed by atoms with Gasteiger partial charge in [-0.1, -0.05) is 0 Å². The summed E-state index contributed by atoms with van der Waals surface area (Å²) in [5, 5.41) is 3.33. The molecule has 1 aliphatic rings. The van der Waals surface area contributed by atoms with E-state index in [9.17, 15) is 0 Å². The molecule has 0 atom stereocenters. The smallest absolute Gasteiger partial charge is 0.226 e. The Hall–Kier alpha value is -1.77. The second-order valence-electron chi connectivity index (χ2n) is 3.82. The minimum absolute atomic E-state index is 0.710. The van der Waals surface area contributed by atoms with Crippen LogP contribution in [0.25, 0.3) is 11.5 Å². The number of rotatable bonds is 1. The maximum Gasteiger partial charge on any atom is 0.226 e. The standard InChI is InChI=1S/C12H12N2O/c1-8-7-14-12(15-8)10-2-3-11-9(6-10)4-5-13-11/h2-3,6-7,13H,4-5H2,1H3. The number of fused-ring (bicyclic) bond motifs is 1. The third-order valence-electron chi connectivity index (χ3n) is 2.68. The van der Waals surface area contributed by atoms with E-state index in [4.69, 9.17) is 4.42 Å². The Balaban J connectivity index is 2.06. The summed E-state index contributed by atoms with van der Waals surface area (Å²) < 4.78 is 5.50. The topological polar surface area (TPSA) is 38.1 Å². The third-order valence-corrected chi connectivity index (χ3v) is 2.68. The van der Waals surface area contributed by atoms with E-state index < -0.39 is 0 Å². The van der Waals surface area contributed by atoms with Crippen LogP contribution in [0, 0.1) is 6.92 Å². The molecule has 0 spiro atoms. The molecule has 2 heterocycles. The van der Waals surface area contributed by atoms with Gasteiger partial charge >= 0.3 is 0 Å². The molecule has 0 bridgehead atoms. The lowest BCUT2D eigenvalue weighted by atomic mass is 10.1. The van der Waals surface area contributed by atoms with Crippen molar-refractivity contribution in [2.75, 3.05) is 11.9 Å². The molecule has 0 unspecified atom stereocenters. The van der Waals surface area contributed by atoms with Crippen molar-refractivity contribution in [3.05, 3.63) is 35.7 Å². The van der Waals surface area contributed by atoms with E-state index in [1.54, 1.807) is 6.20 Å². The molecule has 0 amide bonds. The average Bonchev–Trinajstić information content (AvgIpc) is 2.84. The monoisotopic (exact) mass is 200 g/mol. The van der Waals surface area contributed by atoms with Crippen LogP contribution >= 0.6 is 0 Å². The largest absolute Gasteiger partial charge is 0.441 e. The second-order valence-corrected chi connectivity index (χ2v) is 3.82. The van der Waals surface area contributed by atoms with Crippen molar-refractivity contribution in [1.29, 1.82) is 0 Å². The summed E-state index contributed by atoms with van der Waals surface area (Å²) in [4.78, 5) is 4.22. The molecule has 15 heavy (non-hydrogen) atoms. The Bertz CT molecular complexity index is 502. The molecule has 0 radical (unpaired) electrons. The number of aryl methyl sites for hydroxylation is 1. The molecular formula is C12H12N2O. The van der Waals surface area contributed by atoms with Crippen molar-refractivity contribution in [3.63, 3.8) is 0 Å². The first kappa shape index (κ1) is 8.53. The van der Waals surface area contributed by atoms with Crippen LogP contribution in [0.1, 0.15) is 11.3 Å². The molecule has 3 nitrogen and oxygen atoms in total. The number of aromatic nitrogens is 1. The summed E-state index contributed by atoms with van der Waals surface area (Å²) in [6.07, 6.45) is 2.84. The first-order chi connectivity index (χ1) is 7.33. The van der Waals surface area contributed by atoms with Gasteiger partial charge in [-0.2, -0.15) is 0 Å². The molecule has 0 saturated heterocycles. The molecule has 3 heteroatoms. The highest BCUT2D eigenvalue weighted by Crippen LogP contribution is 2.28. The van der Waals surface area contributed by atoms with Crippen LogP contribution in [0.4, 0.5) is 5.69 Å². The molecule has 3 rings (SSSR count). The Morgan fingerprint density at radius 1 is 1.40 bits per heavy atom. The highest BCUT2D eigenvalue weighted by atomic mass is 16.4. The van der Waals surface area contributed by atoms with Crippen LogP contribution in [-0.2, 0) is 6.42 Å². The first-order valence-electron chi connectivity index (χ1n) is 5.12. The van der Waals surface area contributed by atoms with Gasteiger partial charge in [-0.3, -0.25) is 0 Å². The highest BCUT2D eigenvalue weighted by Gasteiger charge is 2.12. The molecular weight excluding hydrogens is 188 g/mol. The minimum Gasteiger partial charge on any atom is -0.441 e. The van der Waals surface area contributed by atoms with Crippen molar-refractivity contribution in [2.45, 2.75) is 13.3 Å². The number of nitrogens with one attached hydrogen (secondary N) is 1. The van der Waals surface area contributed by atoms with E-state index in [0.29, 0.717) is 5.89 Å². The molecule has 0 saturated carbocycles. The molecule has 0 fully saturated rings. The molecule has 76 valence electrons. The lowest BCUT2D eigenvalue weighted by molar-refractivity contribution is 0.542. The number of anilines is 1. The average molecular weight is 200 g/mol. The van der Waals surface area contributed by atoms with Crippen molar-refractivity contribution in [2.24, 2.45) is 0 Å². The summed E-state index contributed by atoms with van der Waals surface area (Å²) in [6.45, 7) is 2.94. The SMILES string of the molecule is Cc1cnc(-c2ccc3c(c2)CCN3)o1. The fourth-order valence-corrected chi connectivity index (χ4v) is 1.93. The number of oxazole rings is 1. The Labute approximate surface area is 88.1 Å². The van der Waals surface area contributed by atoms with Crippen LogP contribution in [0.15, 0.2) is 28.8 Å². The highest BCUT2D eigenvalue weighted by molar-refractivity contribution is 5.65. The van der Waals surface area contributed by atoms with E-state index >= 15 is 0 Å². The molecule has 1 aromatic heterocycles. The zero-order chi connectivity index (χ0) is 10.3. The molecule has 1 N–H and O–H groups in total. The van der Waals surface area contributed by atoms with Gasteiger partial charge in [0.2, 0.25) is 5.89 Å². The zero-order valence-electron chi connectivity index (χ0n) is 8.58. The Kier molecular flexibility index (Phi) is 1.78. The Morgan fingerprint density at radius 3 is 3.13 bits per heavy atom. The fraction of sp³-hybridized carbons (Fsp3) is 0.250. The van der Waals surface area contributed by atoms with E-state index in [2.05, 4.69) is 22.4 Å². The van der Waals surface area contributed by atoms with Crippen LogP contribution in [0.5, 0.6) is 0 Å². The summed E-state index contributed by atoms with van der Waals surface area (Å²) in [7, 11) is 0. The number of benzene rings is 1. The second kappa shape index (κ2) is 3.12. The molecule has 1 aromatic carbocycles. The van der Waals surface area contributed by atoms with E-state index in [1.165, 1.54) is 11.3 Å². The maximum atomic E-state index is 5.50. The van der Waals surface area contributed by atoms with Gasteiger partial charge in [-0.25, -0.2) is 4.98 Å². The zero-order valence-corrected chi connectivity index (χ0v) is 8.58. The first-order valence-corrected chi connectivity index (χ1v) is 5.12. The number of hydrogen-bond donors (Lipinski definition) is 1. The summed E-state index contributed by atoms with van der Waals surface area (Å²) in [5.74, 6) is 1.56. The van der Waals surface area contributed by atoms with Crippen molar-refractivity contribution < 1.29 is 4.42 Å². The van der Waals surface area contributed by atoms with Gasteiger partial charge in [0, 0.05) is 17.8 Å². The number of nitrogens with zero attached hydrogens (tertiary/aromatic N) is 1. The van der Waals surface area contributed by atoms with Crippen molar-refractivity contribution in [3.8, 4) is 11.5 Å². The minimum atomic E-state index is 0.710. The fourth-order valence-electron chi connectivity index (χ4n) is 1.93. The van der Waals surface area contributed by atoms with Crippen molar-refractivity contribution >= 4 is 5.69 Å². The quantitative estimate of drug-likeness (QED) is 0.769. The van der Waals surface area contributed by atoms with Crippen LogP contribution in [0.2, 0.25) is 0 Å². The van der Waals surface area contributed by atoms with Gasteiger partial charge in [-0.05, 0) is 37.1 Å². The van der Waals surface area contributed by atoms with Gasteiger partial charge in [0.1, 0.15) is 5.76 Å². The number of hydrogen-bond acceptors (Lipinski definition) is 3. The predicted molar refractivity (Wildman–Crippen MR) is 58.9 cm³/mol. The normalized spacial score (nSPS) is 13.7. The molecule has 0 aliphatic carbocycles. The summed E-state index contributed by atoms with van der Waals surface area (Å²) >= 11 is 0. The predicted octanol–water partition coefficient (Wildman–Crippen LogP) is 2.62. The van der Waals surface area contributed by atoms with E-state index in [-0.39, 0.29) is 0 Å². The van der Waals surface area contributed by atoms with Gasteiger partial charge in [0.25, 0.3) is 0 Å². The Morgan fingerprint density at radius 2 is 2.33 bits per heavy atom. The van der Waals surface area contributed by atoms with Gasteiger partial charge in [0.15, 0.2) is 0 Å².